The Kier molecular flexibility index (Phi) is 5.88. The van der Waals surface area contributed by atoms with Gasteiger partial charge in [0.1, 0.15) is 12.3 Å². The molecular weight excluding hydrogens is 344 g/mol. The Morgan fingerprint density at radius 2 is 1.89 bits per heavy atom. The summed E-state index contributed by atoms with van der Waals surface area (Å²) in [5.41, 5.74) is 5.23. The molecule has 2 aromatic carbocycles. The number of tetrazole rings is 1. The lowest BCUT2D eigenvalue weighted by Crippen LogP contribution is -2.25. The van der Waals surface area contributed by atoms with Crippen LogP contribution in [0.2, 0.25) is 0 Å². The topological polar surface area (TPSA) is 94.3 Å². The maximum atomic E-state index is 12.0. The van der Waals surface area contributed by atoms with Gasteiger partial charge in [-0.1, -0.05) is 42.5 Å². The Morgan fingerprint density at radius 1 is 1.15 bits per heavy atom. The van der Waals surface area contributed by atoms with Crippen molar-refractivity contribution in [3.05, 3.63) is 60.2 Å². The summed E-state index contributed by atoms with van der Waals surface area (Å²) in [4.78, 5) is 13.3. The highest BCUT2D eigenvalue weighted by Crippen LogP contribution is 2.12. The second-order valence-electron chi connectivity index (χ2n) is 5.92. The molecule has 0 bridgehead atoms. The molecule has 0 aliphatic rings. The van der Waals surface area contributed by atoms with Gasteiger partial charge in [-0.05, 0) is 29.8 Å². The van der Waals surface area contributed by atoms with Crippen LogP contribution in [0.25, 0.3) is 11.4 Å². The molecule has 138 valence electrons. The third-order valence-electron chi connectivity index (χ3n) is 3.76. The fraction of sp³-hybridized carbons (Fsp3) is 0.211. The molecular formula is C19H20N6O2. The van der Waals surface area contributed by atoms with Crippen molar-refractivity contribution >= 4 is 11.6 Å². The van der Waals surface area contributed by atoms with Crippen LogP contribution < -0.4 is 10.2 Å². The number of carbonyl (C=O) groups is 1. The number of methoxy groups -OCH3 is 1. The van der Waals surface area contributed by atoms with Gasteiger partial charge in [0.05, 0.1) is 7.11 Å². The van der Waals surface area contributed by atoms with E-state index in [1.165, 1.54) is 4.80 Å². The second-order valence-corrected chi connectivity index (χ2v) is 5.92. The third kappa shape index (κ3) is 5.21. The van der Waals surface area contributed by atoms with E-state index in [2.05, 4.69) is 25.9 Å². The van der Waals surface area contributed by atoms with Gasteiger partial charge >= 0.3 is 0 Å². The number of carbonyl (C=O) groups excluding carboxylic acids is 1. The second kappa shape index (κ2) is 8.70. The average Bonchev–Trinajstić information content (AvgIpc) is 3.16. The highest BCUT2D eigenvalue weighted by molar-refractivity contribution is 5.86. The summed E-state index contributed by atoms with van der Waals surface area (Å²) in [7, 11) is 1.63. The molecule has 0 aliphatic carbocycles. The minimum absolute atomic E-state index is 0.0564. The van der Waals surface area contributed by atoms with Gasteiger partial charge < -0.3 is 4.74 Å². The summed E-state index contributed by atoms with van der Waals surface area (Å²) in [5, 5.41) is 16.2. The van der Waals surface area contributed by atoms with E-state index in [1.807, 2.05) is 61.5 Å². The number of amides is 1. The molecule has 8 heteroatoms. The zero-order chi connectivity index (χ0) is 19.1. The SMILES string of the molecule is COc1ccc(C/C(C)=N\NC(=O)Cn2nnc(-c3ccccc3)n2)cc1. The van der Waals surface area contributed by atoms with E-state index >= 15 is 0 Å². The van der Waals surface area contributed by atoms with Gasteiger partial charge in [0.25, 0.3) is 5.91 Å². The van der Waals surface area contributed by atoms with Crippen molar-refractivity contribution in [3.8, 4) is 17.1 Å². The van der Waals surface area contributed by atoms with E-state index in [9.17, 15) is 4.79 Å². The van der Waals surface area contributed by atoms with Crippen LogP contribution in [0.1, 0.15) is 12.5 Å². The zero-order valence-electron chi connectivity index (χ0n) is 15.2. The molecule has 0 spiro atoms. The predicted octanol–water partition coefficient (Wildman–Crippen LogP) is 2.08. The summed E-state index contributed by atoms with van der Waals surface area (Å²) >= 11 is 0. The van der Waals surface area contributed by atoms with Crippen LogP contribution in [0.4, 0.5) is 0 Å². The summed E-state index contributed by atoms with van der Waals surface area (Å²) in [6, 6.07) is 17.2. The van der Waals surface area contributed by atoms with Crippen molar-refractivity contribution in [1.29, 1.82) is 0 Å². The van der Waals surface area contributed by atoms with Crippen molar-refractivity contribution in [2.24, 2.45) is 5.10 Å². The minimum atomic E-state index is -0.318. The molecule has 0 saturated carbocycles. The van der Waals surface area contributed by atoms with E-state index in [0.29, 0.717) is 12.2 Å². The summed E-state index contributed by atoms with van der Waals surface area (Å²) in [6.45, 7) is 1.80. The standard InChI is InChI=1S/C19H20N6O2/c1-14(12-15-8-10-17(27-2)11-9-15)20-21-18(26)13-25-23-19(22-24-25)16-6-4-3-5-7-16/h3-11H,12-13H2,1-2H3,(H,21,26)/b20-14-. The molecule has 0 aliphatic heterocycles. The molecule has 0 fully saturated rings. The number of benzene rings is 2. The average molecular weight is 364 g/mol. The van der Waals surface area contributed by atoms with Gasteiger partial charge in [-0.25, -0.2) is 5.43 Å². The lowest BCUT2D eigenvalue weighted by atomic mass is 10.1. The number of hydrazone groups is 1. The van der Waals surface area contributed by atoms with Crippen LogP contribution in [0.15, 0.2) is 59.7 Å². The molecule has 3 aromatic rings. The van der Waals surface area contributed by atoms with Crippen LogP contribution in [0.3, 0.4) is 0 Å². The smallest absolute Gasteiger partial charge is 0.263 e. The summed E-state index contributed by atoms with van der Waals surface area (Å²) < 4.78 is 5.13. The van der Waals surface area contributed by atoms with Crippen molar-refractivity contribution in [3.63, 3.8) is 0 Å². The van der Waals surface area contributed by atoms with Gasteiger partial charge in [0.2, 0.25) is 5.82 Å². The van der Waals surface area contributed by atoms with E-state index in [0.717, 1.165) is 22.6 Å². The Hall–Kier alpha value is -3.55. The van der Waals surface area contributed by atoms with Gasteiger partial charge in [-0.3, -0.25) is 4.79 Å². The quantitative estimate of drug-likeness (QED) is 0.512. The largest absolute Gasteiger partial charge is 0.497 e. The molecule has 1 N–H and O–H groups in total. The molecule has 1 heterocycles. The van der Waals surface area contributed by atoms with Crippen LogP contribution in [-0.4, -0.2) is 38.9 Å². The minimum Gasteiger partial charge on any atom is -0.497 e. The number of hydrogen-bond donors (Lipinski definition) is 1. The summed E-state index contributed by atoms with van der Waals surface area (Å²) in [5.74, 6) is 0.959. The molecule has 27 heavy (non-hydrogen) atoms. The van der Waals surface area contributed by atoms with Crippen LogP contribution in [0, 0.1) is 0 Å². The molecule has 0 radical (unpaired) electrons. The zero-order valence-corrected chi connectivity index (χ0v) is 15.2. The monoisotopic (exact) mass is 364 g/mol. The number of aromatic nitrogens is 4. The van der Waals surface area contributed by atoms with Crippen LogP contribution in [-0.2, 0) is 17.8 Å². The van der Waals surface area contributed by atoms with Crippen LogP contribution in [0.5, 0.6) is 5.75 Å². The van der Waals surface area contributed by atoms with Crippen molar-refractivity contribution in [2.75, 3.05) is 7.11 Å². The Morgan fingerprint density at radius 3 is 2.59 bits per heavy atom. The number of nitrogens with zero attached hydrogens (tertiary/aromatic N) is 5. The molecule has 1 amide bonds. The predicted molar refractivity (Wildman–Crippen MR) is 101 cm³/mol. The number of hydrogen-bond acceptors (Lipinski definition) is 6. The van der Waals surface area contributed by atoms with E-state index in [-0.39, 0.29) is 12.5 Å². The molecule has 8 nitrogen and oxygen atoms in total. The highest BCUT2D eigenvalue weighted by Gasteiger charge is 2.08. The first kappa shape index (κ1) is 18.2. The van der Waals surface area contributed by atoms with E-state index in [1.54, 1.807) is 7.11 Å². The molecule has 0 atom stereocenters. The Bertz CT molecular complexity index is 919. The molecule has 1 aromatic heterocycles. The van der Waals surface area contributed by atoms with E-state index < -0.39 is 0 Å². The van der Waals surface area contributed by atoms with Gasteiger partial charge in [-0.15, -0.1) is 10.2 Å². The Labute approximate surface area is 156 Å². The van der Waals surface area contributed by atoms with Crippen molar-refractivity contribution < 1.29 is 9.53 Å². The summed E-state index contributed by atoms with van der Waals surface area (Å²) in [6.07, 6.45) is 0.629. The third-order valence-corrected chi connectivity index (χ3v) is 3.76. The first-order valence-electron chi connectivity index (χ1n) is 8.42. The highest BCUT2D eigenvalue weighted by atomic mass is 16.5. The van der Waals surface area contributed by atoms with Crippen molar-refractivity contribution in [1.82, 2.24) is 25.6 Å². The number of ether oxygens (including phenoxy) is 1. The van der Waals surface area contributed by atoms with Gasteiger partial charge in [0.15, 0.2) is 0 Å². The fourth-order valence-corrected chi connectivity index (χ4v) is 2.41. The maximum absolute atomic E-state index is 12.0. The molecule has 3 rings (SSSR count). The van der Waals surface area contributed by atoms with Gasteiger partial charge in [0, 0.05) is 17.7 Å². The van der Waals surface area contributed by atoms with Crippen LogP contribution >= 0.6 is 0 Å². The maximum Gasteiger partial charge on any atom is 0.263 e. The van der Waals surface area contributed by atoms with E-state index in [4.69, 9.17) is 4.74 Å². The molecule has 0 saturated heterocycles. The number of nitrogens with one attached hydrogen (secondary N) is 1. The lowest BCUT2D eigenvalue weighted by molar-refractivity contribution is -0.122. The Balaban J connectivity index is 1.52. The first-order chi connectivity index (χ1) is 13.1. The number of rotatable bonds is 7. The van der Waals surface area contributed by atoms with Crippen molar-refractivity contribution in [2.45, 2.75) is 19.9 Å². The first-order valence-corrected chi connectivity index (χ1v) is 8.42. The lowest BCUT2D eigenvalue weighted by Gasteiger charge is -2.04. The fourth-order valence-electron chi connectivity index (χ4n) is 2.41. The van der Waals surface area contributed by atoms with Gasteiger partial charge in [-0.2, -0.15) is 9.90 Å². The normalized spacial score (nSPS) is 11.3. The molecule has 0 unspecified atom stereocenters.